The van der Waals surface area contributed by atoms with Gasteiger partial charge < -0.3 is 15.0 Å². The molecule has 1 aromatic heterocycles. The number of pyridine rings is 1. The van der Waals surface area contributed by atoms with Crippen LogP contribution < -0.4 is 15.0 Å². The lowest BCUT2D eigenvalue weighted by Gasteiger charge is -2.34. The third kappa shape index (κ3) is 4.03. The quantitative estimate of drug-likeness (QED) is 0.666. The molecule has 4 rings (SSSR count). The first kappa shape index (κ1) is 20.0. The number of methoxy groups -OCH3 is 1. The average Bonchev–Trinajstić information content (AvgIpc) is 2.78. The van der Waals surface area contributed by atoms with Crippen molar-refractivity contribution in [2.24, 2.45) is 5.92 Å². The zero-order chi connectivity index (χ0) is 21.1. The number of aromatic nitrogens is 1. The third-order valence-electron chi connectivity index (χ3n) is 5.44. The topological polar surface area (TPSA) is 78.2 Å². The summed E-state index contributed by atoms with van der Waals surface area (Å²) in [7, 11) is 1.60. The van der Waals surface area contributed by atoms with Gasteiger partial charge in [0.2, 0.25) is 5.91 Å². The molecule has 1 fully saturated rings. The molecule has 2 heterocycles. The van der Waals surface area contributed by atoms with E-state index in [-0.39, 0.29) is 11.8 Å². The van der Waals surface area contributed by atoms with Gasteiger partial charge in [-0.25, -0.2) is 0 Å². The van der Waals surface area contributed by atoms with Crippen molar-refractivity contribution in [1.29, 1.82) is 5.26 Å². The number of benzene rings is 2. The molecule has 1 aliphatic heterocycles. The number of hydrogen-bond donors (Lipinski definition) is 1. The predicted octanol–water partition coefficient (Wildman–Crippen LogP) is 4.62. The predicted molar refractivity (Wildman–Crippen MR) is 118 cm³/mol. The van der Waals surface area contributed by atoms with Crippen molar-refractivity contribution >= 4 is 39.8 Å². The first-order chi connectivity index (χ1) is 14.6. The Balaban J connectivity index is 1.50. The molecule has 0 unspecified atom stereocenters. The van der Waals surface area contributed by atoms with Crippen LogP contribution in [0.5, 0.6) is 5.75 Å². The molecule has 1 saturated heterocycles. The Hall–Kier alpha value is -3.30. The number of nitrogens with one attached hydrogen (secondary N) is 1. The summed E-state index contributed by atoms with van der Waals surface area (Å²) in [5.74, 6) is 0.621. The molecule has 1 aliphatic rings. The van der Waals surface area contributed by atoms with Gasteiger partial charge in [-0.15, -0.1) is 0 Å². The van der Waals surface area contributed by atoms with Crippen molar-refractivity contribution < 1.29 is 9.53 Å². The highest BCUT2D eigenvalue weighted by Gasteiger charge is 2.27. The molecule has 30 heavy (non-hydrogen) atoms. The molecule has 0 atom stereocenters. The highest BCUT2D eigenvalue weighted by atomic mass is 35.5. The number of ether oxygens (including phenoxy) is 1. The fraction of sp³-hybridized carbons (Fsp3) is 0.261. The maximum absolute atomic E-state index is 12.7. The number of carbonyl (C=O) groups is 1. The highest BCUT2D eigenvalue weighted by Crippen LogP contribution is 2.34. The van der Waals surface area contributed by atoms with Gasteiger partial charge in [0.15, 0.2) is 0 Å². The van der Waals surface area contributed by atoms with Crippen LogP contribution in [0.25, 0.3) is 10.9 Å². The lowest BCUT2D eigenvalue weighted by molar-refractivity contribution is -0.120. The number of nitriles is 1. The molecule has 0 saturated carbocycles. The van der Waals surface area contributed by atoms with E-state index in [0.29, 0.717) is 42.3 Å². The largest absolute Gasteiger partial charge is 0.497 e. The molecule has 7 heteroatoms. The Morgan fingerprint density at radius 3 is 2.80 bits per heavy atom. The third-order valence-corrected chi connectivity index (χ3v) is 5.68. The van der Waals surface area contributed by atoms with Crippen LogP contribution in [0.2, 0.25) is 5.02 Å². The second-order valence-corrected chi connectivity index (χ2v) is 7.71. The summed E-state index contributed by atoms with van der Waals surface area (Å²) >= 11 is 6.20. The van der Waals surface area contributed by atoms with Gasteiger partial charge in [0.05, 0.1) is 23.9 Å². The van der Waals surface area contributed by atoms with Gasteiger partial charge in [-0.2, -0.15) is 5.26 Å². The van der Waals surface area contributed by atoms with E-state index < -0.39 is 0 Å². The normalized spacial score (nSPS) is 14.4. The maximum Gasteiger partial charge on any atom is 0.227 e. The zero-order valence-electron chi connectivity index (χ0n) is 16.6. The van der Waals surface area contributed by atoms with E-state index in [1.807, 2.05) is 30.3 Å². The molecule has 0 spiro atoms. The minimum Gasteiger partial charge on any atom is -0.497 e. The van der Waals surface area contributed by atoms with Gasteiger partial charge >= 0.3 is 0 Å². The van der Waals surface area contributed by atoms with Gasteiger partial charge in [0, 0.05) is 47.4 Å². The summed E-state index contributed by atoms with van der Waals surface area (Å²) < 4.78 is 5.21. The van der Waals surface area contributed by atoms with Crippen LogP contribution in [0, 0.1) is 17.2 Å². The van der Waals surface area contributed by atoms with E-state index in [1.54, 1.807) is 25.4 Å². The number of amides is 1. The second-order valence-electron chi connectivity index (χ2n) is 7.28. The van der Waals surface area contributed by atoms with E-state index in [9.17, 15) is 10.1 Å². The van der Waals surface area contributed by atoms with E-state index in [4.69, 9.17) is 16.3 Å². The standard InChI is InChI=1S/C23H21ClN4O2/c1-30-19-4-2-3-18(12-19)27-23(29)15-7-9-28(10-8-15)22-16(13-25)14-26-21-6-5-17(24)11-20(21)22/h2-6,11-12,14-15H,7-10H2,1H3,(H,27,29). The molecule has 6 nitrogen and oxygen atoms in total. The Kier molecular flexibility index (Phi) is 5.73. The van der Waals surface area contributed by atoms with Gasteiger partial charge in [-0.05, 0) is 43.2 Å². The fourth-order valence-corrected chi connectivity index (χ4v) is 4.06. The van der Waals surface area contributed by atoms with Gasteiger partial charge in [-0.1, -0.05) is 17.7 Å². The molecule has 0 aliphatic carbocycles. The van der Waals surface area contributed by atoms with Crippen LogP contribution in [0.15, 0.2) is 48.7 Å². The number of carbonyl (C=O) groups excluding carboxylic acids is 1. The van der Waals surface area contributed by atoms with Crippen LogP contribution in [-0.4, -0.2) is 31.1 Å². The van der Waals surface area contributed by atoms with Gasteiger partial charge in [-0.3, -0.25) is 9.78 Å². The Bertz CT molecular complexity index is 1130. The minimum atomic E-state index is -0.0883. The molecule has 3 aromatic rings. The summed E-state index contributed by atoms with van der Waals surface area (Å²) in [5, 5.41) is 14.1. The molecule has 2 aromatic carbocycles. The van der Waals surface area contributed by atoms with Crippen LogP contribution in [-0.2, 0) is 4.79 Å². The van der Waals surface area contributed by atoms with Crippen molar-refractivity contribution in [1.82, 2.24) is 4.98 Å². The fourth-order valence-electron chi connectivity index (χ4n) is 3.88. The highest BCUT2D eigenvalue weighted by molar-refractivity contribution is 6.31. The van der Waals surface area contributed by atoms with Crippen molar-refractivity contribution in [3.8, 4) is 11.8 Å². The van der Waals surface area contributed by atoms with E-state index in [1.165, 1.54) is 0 Å². The number of anilines is 2. The number of rotatable bonds is 4. The monoisotopic (exact) mass is 420 g/mol. The second kappa shape index (κ2) is 8.60. The smallest absolute Gasteiger partial charge is 0.227 e. The SMILES string of the molecule is COc1cccc(NC(=O)C2CCN(c3c(C#N)cnc4ccc(Cl)cc34)CC2)c1. The van der Waals surface area contributed by atoms with Crippen molar-refractivity contribution in [3.05, 3.63) is 59.2 Å². The van der Waals surface area contributed by atoms with Crippen molar-refractivity contribution in [3.63, 3.8) is 0 Å². The lowest BCUT2D eigenvalue weighted by atomic mass is 9.94. The molecule has 0 bridgehead atoms. The first-order valence-corrected chi connectivity index (χ1v) is 10.1. The van der Waals surface area contributed by atoms with Crippen LogP contribution in [0.3, 0.4) is 0 Å². The number of fused-ring (bicyclic) bond motifs is 1. The summed E-state index contributed by atoms with van der Waals surface area (Å²) in [5.41, 5.74) is 2.88. The number of hydrogen-bond acceptors (Lipinski definition) is 5. The Labute approximate surface area is 180 Å². The molecular formula is C23H21ClN4O2. The van der Waals surface area contributed by atoms with Crippen LogP contribution in [0.1, 0.15) is 18.4 Å². The number of halogens is 1. The summed E-state index contributed by atoms with van der Waals surface area (Å²) in [6.07, 6.45) is 3.00. The molecular weight excluding hydrogens is 400 g/mol. The Morgan fingerprint density at radius 1 is 1.27 bits per heavy atom. The number of nitrogens with zero attached hydrogens (tertiary/aromatic N) is 3. The summed E-state index contributed by atoms with van der Waals surface area (Å²) in [4.78, 5) is 19.3. The molecule has 1 amide bonds. The van der Waals surface area contributed by atoms with E-state index >= 15 is 0 Å². The molecule has 1 N–H and O–H groups in total. The molecule has 0 radical (unpaired) electrons. The Morgan fingerprint density at radius 2 is 2.07 bits per heavy atom. The number of piperidine rings is 1. The minimum absolute atomic E-state index is 0.00559. The maximum atomic E-state index is 12.7. The van der Waals surface area contributed by atoms with E-state index in [0.717, 1.165) is 22.3 Å². The van der Waals surface area contributed by atoms with Crippen molar-refractivity contribution in [2.45, 2.75) is 12.8 Å². The van der Waals surface area contributed by atoms with Gasteiger partial charge in [0.1, 0.15) is 11.8 Å². The van der Waals surface area contributed by atoms with E-state index in [2.05, 4.69) is 21.3 Å². The summed E-state index contributed by atoms with van der Waals surface area (Å²) in [6, 6.07) is 15.1. The van der Waals surface area contributed by atoms with Crippen LogP contribution in [0.4, 0.5) is 11.4 Å². The summed E-state index contributed by atoms with van der Waals surface area (Å²) in [6.45, 7) is 1.35. The first-order valence-electron chi connectivity index (χ1n) is 9.77. The zero-order valence-corrected chi connectivity index (χ0v) is 17.3. The van der Waals surface area contributed by atoms with Crippen LogP contribution >= 0.6 is 11.6 Å². The molecule has 152 valence electrons. The lowest BCUT2D eigenvalue weighted by Crippen LogP contribution is -2.38. The average molecular weight is 421 g/mol. The van der Waals surface area contributed by atoms with Gasteiger partial charge in [0.25, 0.3) is 0 Å². The van der Waals surface area contributed by atoms with Crippen molar-refractivity contribution in [2.75, 3.05) is 30.4 Å².